The molecule has 0 aliphatic heterocycles. The molecule has 1 aliphatic rings. The van der Waals surface area contributed by atoms with E-state index in [1.54, 1.807) is 37.4 Å². The van der Waals surface area contributed by atoms with Gasteiger partial charge in [-0.05, 0) is 35.9 Å². The number of ketones is 1. The van der Waals surface area contributed by atoms with Crippen molar-refractivity contribution in [1.82, 2.24) is 4.90 Å². The Morgan fingerprint density at radius 3 is 2.62 bits per heavy atom. The van der Waals surface area contributed by atoms with Crippen LogP contribution in [0.3, 0.4) is 0 Å². The molecule has 106 valence electrons. The lowest BCUT2D eigenvalue weighted by atomic mass is 10.1. The lowest BCUT2D eigenvalue weighted by Gasteiger charge is -2.23. The third-order valence-electron chi connectivity index (χ3n) is 3.86. The molecule has 1 unspecified atom stereocenters. The van der Waals surface area contributed by atoms with E-state index in [4.69, 9.17) is 11.6 Å². The van der Waals surface area contributed by atoms with Crippen LogP contribution >= 0.6 is 11.6 Å². The molecule has 3 nitrogen and oxygen atoms in total. The van der Waals surface area contributed by atoms with E-state index < -0.39 is 6.04 Å². The second-order valence-corrected chi connectivity index (χ2v) is 5.60. The molecule has 1 atom stereocenters. The first-order valence-electron chi connectivity index (χ1n) is 6.73. The maximum Gasteiger partial charge on any atom is 0.254 e. The highest BCUT2D eigenvalue weighted by Gasteiger charge is 2.35. The maximum atomic E-state index is 12.4. The standard InChI is InChI=1S/C17H14ClNO2/c1-19(17(21)11-5-3-2-4-6-11)15-10-12-9-13(18)7-8-14(12)16(15)20/h2-9,15H,10H2,1H3. The molecule has 2 aromatic carbocycles. The largest absolute Gasteiger partial charge is 0.331 e. The van der Waals surface area contributed by atoms with Gasteiger partial charge in [-0.2, -0.15) is 0 Å². The maximum absolute atomic E-state index is 12.4. The summed E-state index contributed by atoms with van der Waals surface area (Å²) in [5.74, 6) is -0.165. The minimum atomic E-state index is -0.453. The first-order chi connectivity index (χ1) is 10.1. The number of benzene rings is 2. The van der Waals surface area contributed by atoms with Crippen molar-refractivity contribution in [2.24, 2.45) is 0 Å². The number of Topliss-reactive ketones (excluding diaryl/α,β-unsaturated/α-hetero) is 1. The highest BCUT2D eigenvalue weighted by molar-refractivity contribution is 6.30. The molecule has 21 heavy (non-hydrogen) atoms. The number of carbonyl (C=O) groups excluding carboxylic acids is 2. The molecule has 2 aromatic rings. The van der Waals surface area contributed by atoms with Gasteiger partial charge in [0.15, 0.2) is 5.78 Å². The summed E-state index contributed by atoms with van der Waals surface area (Å²) in [6.45, 7) is 0. The summed E-state index contributed by atoms with van der Waals surface area (Å²) in [4.78, 5) is 26.4. The van der Waals surface area contributed by atoms with Gasteiger partial charge >= 0.3 is 0 Å². The molecule has 0 bridgehead atoms. The third kappa shape index (κ3) is 2.45. The Kier molecular flexibility index (Phi) is 3.52. The average Bonchev–Trinajstić information content (AvgIpc) is 2.83. The zero-order valence-electron chi connectivity index (χ0n) is 11.5. The molecule has 1 aliphatic carbocycles. The number of nitrogens with zero attached hydrogens (tertiary/aromatic N) is 1. The van der Waals surface area contributed by atoms with Crippen LogP contribution in [0.1, 0.15) is 26.3 Å². The first-order valence-corrected chi connectivity index (χ1v) is 7.10. The Labute approximate surface area is 128 Å². The zero-order valence-corrected chi connectivity index (χ0v) is 12.3. The quantitative estimate of drug-likeness (QED) is 0.854. The van der Waals surface area contributed by atoms with Gasteiger partial charge < -0.3 is 4.90 Å². The van der Waals surface area contributed by atoms with Crippen LogP contribution in [0.5, 0.6) is 0 Å². The lowest BCUT2D eigenvalue weighted by molar-refractivity contribution is 0.0672. The van der Waals surface area contributed by atoms with Crippen molar-refractivity contribution >= 4 is 23.3 Å². The molecular weight excluding hydrogens is 286 g/mol. The predicted octanol–water partition coefficient (Wildman–Crippen LogP) is 3.22. The normalized spacial score (nSPS) is 16.7. The Bertz CT molecular complexity index is 712. The molecule has 0 radical (unpaired) electrons. The van der Waals surface area contributed by atoms with Gasteiger partial charge in [0.25, 0.3) is 5.91 Å². The fourth-order valence-electron chi connectivity index (χ4n) is 2.69. The van der Waals surface area contributed by atoms with Crippen LogP contribution in [0, 0.1) is 0 Å². The van der Waals surface area contributed by atoms with Crippen molar-refractivity contribution in [3.05, 3.63) is 70.2 Å². The summed E-state index contributed by atoms with van der Waals surface area (Å²) >= 11 is 5.96. The molecule has 0 saturated carbocycles. The van der Waals surface area contributed by atoms with Crippen LogP contribution in [0.2, 0.25) is 5.02 Å². The molecule has 1 amide bonds. The first kappa shape index (κ1) is 13.8. The molecule has 0 spiro atoms. The highest BCUT2D eigenvalue weighted by atomic mass is 35.5. The van der Waals surface area contributed by atoms with Crippen molar-refractivity contribution in [2.75, 3.05) is 7.05 Å². The molecular formula is C17H14ClNO2. The van der Waals surface area contributed by atoms with Gasteiger partial charge in [0, 0.05) is 29.6 Å². The topological polar surface area (TPSA) is 37.4 Å². The number of hydrogen-bond donors (Lipinski definition) is 0. The Morgan fingerprint density at radius 1 is 1.19 bits per heavy atom. The van der Waals surface area contributed by atoms with Crippen LogP contribution in [0.15, 0.2) is 48.5 Å². The Morgan fingerprint density at radius 2 is 1.90 bits per heavy atom. The van der Waals surface area contributed by atoms with E-state index in [1.165, 1.54) is 4.90 Å². The molecule has 0 fully saturated rings. The van der Waals surface area contributed by atoms with Gasteiger partial charge in [0.05, 0.1) is 6.04 Å². The number of rotatable bonds is 2. The fraction of sp³-hybridized carbons (Fsp3) is 0.176. The molecule has 0 heterocycles. The van der Waals surface area contributed by atoms with Crippen LogP contribution < -0.4 is 0 Å². The van der Waals surface area contributed by atoms with Crippen molar-refractivity contribution in [3.8, 4) is 0 Å². The molecule has 0 saturated heterocycles. The van der Waals surface area contributed by atoms with Crippen molar-refractivity contribution in [1.29, 1.82) is 0 Å². The van der Waals surface area contributed by atoms with Crippen molar-refractivity contribution < 1.29 is 9.59 Å². The SMILES string of the molecule is CN(C(=O)c1ccccc1)C1Cc2cc(Cl)ccc2C1=O. The summed E-state index contributed by atoms with van der Waals surface area (Å²) in [7, 11) is 1.67. The monoisotopic (exact) mass is 299 g/mol. The van der Waals surface area contributed by atoms with E-state index in [1.807, 2.05) is 18.2 Å². The van der Waals surface area contributed by atoms with Gasteiger partial charge in [-0.3, -0.25) is 9.59 Å². The van der Waals surface area contributed by atoms with Crippen LogP contribution in [0.4, 0.5) is 0 Å². The second kappa shape index (κ2) is 5.34. The predicted molar refractivity (Wildman–Crippen MR) is 81.8 cm³/mol. The summed E-state index contributed by atoms with van der Waals surface area (Å²) in [5.41, 5.74) is 2.16. The van der Waals surface area contributed by atoms with Crippen LogP contribution in [0.25, 0.3) is 0 Å². The number of hydrogen-bond acceptors (Lipinski definition) is 2. The van der Waals surface area contributed by atoms with Gasteiger partial charge in [-0.1, -0.05) is 29.8 Å². The number of carbonyl (C=O) groups is 2. The lowest BCUT2D eigenvalue weighted by Crippen LogP contribution is -2.40. The van der Waals surface area contributed by atoms with Gasteiger partial charge in [-0.15, -0.1) is 0 Å². The summed E-state index contributed by atoms with van der Waals surface area (Å²) < 4.78 is 0. The van der Waals surface area contributed by atoms with Gasteiger partial charge in [0.1, 0.15) is 0 Å². The molecule has 0 N–H and O–H groups in total. The second-order valence-electron chi connectivity index (χ2n) is 5.17. The number of halogens is 1. The summed E-state index contributed by atoms with van der Waals surface area (Å²) in [6.07, 6.45) is 0.518. The van der Waals surface area contributed by atoms with Crippen LogP contribution in [-0.4, -0.2) is 29.7 Å². The average molecular weight is 300 g/mol. The van der Waals surface area contributed by atoms with Crippen molar-refractivity contribution in [3.63, 3.8) is 0 Å². The molecule has 4 heteroatoms. The minimum absolute atomic E-state index is 0.0200. The van der Waals surface area contributed by atoms with E-state index >= 15 is 0 Å². The summed E-state index contributed by atoms with van der Waals surface area (Å²) in [5, 5.41) is 0.610. The highest BCUT2D eigenvalue weighted by Crippen LogP contribution is 2.28. The molecule has 3 rings (SSSR count). The Balaban J connectivity index is 1.86. The minimum Gasteiger partial charge on any atom is -0.331 e. The van der Waals surface area contributed by atoms with E-state index in [0.29, 0.717) is 22.6 Å². The van der Waals surface area contributed by atoms with E-state index in [9.17, 15) is 9.59 Å². The van der Waals surface area contributed by atoms with E-state index in [0.717, 1.165) is 5.56 Å². The fourth-order valence-corrected chi connectivity index (χ4v) is 2.89. The third-order valence-corrected chi connectivity index (χ3v) is 4.09. The number of fused-ring (bicyclic) bond motifs is 1. The smallest absolute Gasteiger partial charge is 0.254 e. The van der Waals surface area contributed by atoms with Crippen LogP contribution in [-0.2, 0) is 6.42 Å². The van der Waals surface area contributed by atoms with E-state index in [2.05, 4.69) is 0 Å². The van der Waals surface area contributed by atoms with Gasteiger partial charge in [0.2, 0.25) is 0 Å². The number of likely N-dealkylation sites (N-methyl/N-ethyl adjacent to an activating group) is 1. The number of amides is 1. The van der Waals surface area contributed by atoms with Gasteiger partial charge in [-0.25, -0.2) is 0 Å². The van der Waals surface area contributed by atoms with Crippen molar-refractivity contribution in [2.45, 2.75) is 12.5 Å². The molecule has 0 aromatic heterocycles. The summed E-state index contributed by atoms with van der Waals surface area (Å²) in [6, 6.07) is 13.8. The van der Waals surface area contributed by atoms with E-state index in [-0.39, 0.29) is 11.7 Å². The Hall–Kier alpha value is -2.13. The zero-order chi connectivity index (χ0) is 15.0.